The van der Waals surface area contributed by atoms with Gasteiger partial charge in [0.25, 0.3) is 0 Å². The van der Waals surface area contributed by atoms with E-state index in [0.29, 0.717) is 5.82 Å². The minimum absolute atomic E-state index is 0.0401. The summed E-state index contributed by atoms with van der Waals surface area (Å²) in [4.78, 5) is 27.0. The van der Waals surface area contributed by atoms with Crippen molar-refractivity contribution in [1.82, 2.24) is 35.4 Å². The second-order valence-corrected chi connectivity index (χ2v) is 10.2. The summed E-state index contributed by atoms with van der Waals surface area (Å²) in [5, 5.41) is 12.3. The molecule has 8 nitrogen and oxygen atoms in total. The Kier molecular flexibility index (Phi) is 6.94. The molecule has 0 saturated carbocycles. The van der Waals surface area contributed by atoms with E-state index < -0.39 is 0 Å². The predicted molar refractivity (Wildman–Crippen MR) is 154 cm³/mol. The Morgan fingerprint density at radius 2 is 1.95 bits per heavy atom. The number of hydrogen-bond donors (Lipinski definition) is 3. The maximum absolute atomic E-state index is 11.9. The first-order valence-corrected chi connectivity index (χ1v) is 13.7. The average Bonchev–Trinajstić information content (AvgIpc) is 3.61. The highest BCUT2D eigenvalue weighted by Crippen LogP contribution is 2.38. The maximum Gasteiger partial charge on any atom is 0.210 e. The molecule has 198 valence electrons. The number of carbonyl (C=O) groups excluding carboxylic acids is 1. The van der Waals surface area contributed by atoms with Crippen LogP contribution in [0.15, 0.2) is 60.9 Å². The van der Waals surface area contributed by atoms with E-state index in [1.165, 1.54) is 11.1 Å². The van der Waals surface area contributed by atoms with E-state index in [1.807, 2.05) is 35.5 Å². The van der Waals surface area contributed by atoms with Crippen molar-refractivity contribution in [2.45, 2.75) is 45.7 Å². The number of hydrogen-bond acceptors (Lipinski definition) is 5. The average molecular weight is 520 g/mol. The minimum Gasteiger partial charge on any atom is -0.338 e. The van der Waals surface area contributed by atoms with Gasteiger partial charge in [0.15, 0.2) is 5.82 Å². The van der Waals surface area contributed by atoms with Gasteiger partial charge in [0.05, 0.1) is 22.9 Å². The van der Waals surface area contributed by atoms with E-state index in [2.05, 4.69) is 69.7 Å². The van der Waals surface area contributed by atoms with Crippen LogP contribution in [0.2, 0.25) is 0 Å². The highest BCUT2D eigenvalue weighted by atomic mass is 16.1. The van der Waals surface area contributed by atoms with E-state index >= 15 is 0 Å². The van der Waals surface area contributed by atoms with Crippen molar-refractivity contribution in [1.29, 1.82) is 0 Å². The summed E-state index contributed by atoms with van der Waals surface area (Å²) in [6.45, 7) is 6.72. The maximum atomic E-state index is 11.9. The molecule has 0 bridgehead atoms. The van der Waals surface area contributed by atoms with Crippen LogP contribution >= 0.6 is 0 Å². The number of rotatable bonds is 8. The van der Waals surface area contributed by atoms with Crippen LogP contribution in [0.4, 0.5) is 0 Å². The Morgan fingerprint density at radius 3 is 2.77 bits per heavy atom. The number of likely N-dealkylation sites (tertiary alicyclic amines) is 1. The summed E-state index contributed by atoms with van der Waals surface area (Å²) >= 11 is 0. The molecule has 0 aliphatic carbocycles. The van der Waals surface area contributed by atoms with Crippen LogP contribution in [-0.4, -0.2) is 49.5 Å². The fourth-order valence-corrected chi connectivity index (χ4v) is 5.61. The van der Waals surface area contributed by atoms with E-state index in [9.17, 15) is 4.79 Å². The van der Waals surface area contributed by atoms with E-state index in [1.54, 1.807) is 0 Å². The quantitative estimate of drug-likeness (QED) is 0.225. The molecule has 5 aromatic rings. The van der Waals surface area contributed by atoms with Gasteiger partial charge in [-0.1, -0.05) is 43.3 Å². The van der Waals surface area contributed by atoms with Crippen LogP contribution in [0, 0.1) is 6.92 Å². The number of nitrogens with zero attached hydrogens (tertiary/aromatic N) is 4. The first-order valence-electron chi connectivity index (χ1n) is 13.7. The molecule has 6 rings (SSSR count). The van der Waals surface area contributed by atoms with Crippen molar-refractivity contribution < 1.29 is 4.79 Å². The molecule has 4 heterocycles. The number of amides is 1. The number of fused-ring (bicyclic) bond motifs is 1. The number of pyridine rings is 1. The molecule has 3 aromatic heterocycles. The number of benzene rings is 2. The lowest BCUT2D eigenvalue weighted by Crippen LogP contribution is -2.32. The SMILES string of the molecule is CCNCc1cncc(-c2ccc3[nH]nc(-c4nc(-c5ccccc5)c(C5CCCCN5C=O)[nH]4)c3c2)c1C. The number of H-pyrrole nitrogens is 2. The molecule has 1 aliphatic heterocycles. The van der Waals surface area contributed by atoms with Crippen LogP contribution in [-0.2, 0) is 11.3 Å². The zero-order valence-electron chi connectivity index (χ0n) is 22.4. The van der Waals surface area contributed by atoms with Gasteiger partial charge in [-0.15, -0.1) is 0 Å². The number of carbonyl (C=O) groups is 1. The smallest absolute Gasteiger partial charge is 0.210 e. The molecular weight excluding hydrogens is 486 g/mol. The molecule has 3 N–H and O–H groups in total. The molecular formula is C31H33N7O. The zero-order chi connectivity index (χ0) is 26.8. The van der Waals surface area contributed by atoms with Gasteiger partial charge in [0.1, 0.15) is 5.69 Å². The van der Waals surface area contributed by atoms with Crippen LogP contribution < -0.4 is 5.32 Å². The van der Waals surface area contributed by atoms with E-state index in [4.69, 9.17) is 4.98 Å². The standard InChI is InChI=1S/C31H33N7O/c1-3-32-16-23-17-33-18-25(20(23)2)22-12-13-26-24(15-22)29(37-36-26)31-34-28(21-9-5-4-6-10-21)30(35-31)27-11-7-8-14-38(27)19-39/h4-6,9-10,12-13,15,17-19,27,32H,3,7-8,11,14,16H2,1-2H3,(H,34,35)(H,36,37). The topological polar surface area (TPSA) is 103 Å². The Hall–Kier alpha value is -4.30. The molecule has 1 fully saturated rings. The van der Waals surface area contributed by atoms with Crippen molar-refractivity contribution in [2.24, 2.45) is 0 Å². The third kappa shape index (κ3) is 4.72. The molecule has 1 aliphatic rings. The summed E-state index contributed by atoms with van der Waals surface area (Å²) in [6.07, 6.45) is 7.84. The van der Waals surface area contributed by atoms with Crippen LogP contribution in [0.3, 0.4) is 0 Å². The van der Waals surface area contributed by atoms with Crippen molar-refractivity contribution in [3.63, 3.8) is 0 Å². The lowest BCUT2D eigenvalue weighted by Gasteiger charge is -2.32. The first kappa shape index (κ1) is 25.0. The lowest BCUT2D eigenvalue weighted by atomic mass is 9.97. The van der Waals surface area contributed by atoms with Crippen molar-refractivity contribution in [2.75, 3.05) is 13.1 Å². The fraction of sp³-hybridized carbons (Fsp3) is 0.290. The third-order valence-corrected chi connectivity index (χ3v) is 7.78. The number of piperidine rings is 1. The first-order chi connectivity index (χ1) is 19.2. The molecule has 2 aromatic carbocycles. The molecule has 1 atom stereocenters. The van der Waals surface area contributed by atoms with Gasteiger partial charge in [-0.05, 0) is 61.6 Å². The summed E-state index contributed by atoms with van der Waals surface area (Å²) in [7, 11) is 0. The Morgan fingerprint density at radius 1 is 1.08 bits per heavy atom. The number of imidazole rings is 1. The Bertz CT molecular complexity index is 1600. The number of nitrogens with one attached hydrogen (secondary N) is 3. The van der Waals surface area contributed by atoms with Gasteiger partial charge < -0.3 is 15.2 Å². The lowest BCUT2D eigenvalue weighted by molar-refractivity contribution is -0.121. The molecule has 1 amide bonds. The highest BCUT2D eigenvalue weighted by molar-refractivity contribution is 5.95. The van der Waals surface area contributed by atoms with Gasteiger partial charge in [0, 0.05) is 42.0 Å². The van der Waals surface area contributed by atoms with Crippen molar-refractivity contribution >= 4 is 17.3 Å². The van der Waals surface area contributed by atoms with E-state index in [0.717, 1.165) is 90.0 Å². The van der Waals surface area contributed by atoms with Gasteiger partial charge in [-0.2, -0.15) is 5.10 Å². The molecule has 1 saturated heterocycles. The van der Waals surface area contributed by atoms with Crippen LogP contribution in [0.5, 0.6) is 0 Å². The molecule has 1 unspecified atom stereocenters. The summed E-state index contributed by atoms with van der Waals surface area (Å²) < 4.78 is 0. The Labute approximate surface area is 227 Å². The van der Waals surface area contributed by atoms with E-state index in [-0.39, 0.29) is 6.04 Å². The second-order valence-electron chi connectivity index (χ2n) is 10.2. The third-order valence-electron chi connectivity index (χ3n) is 7.78. The molecule has 0 spiro atoms. The number of aromatic amines is 2. The monoisotopic (exact) mass is 519 g/mol. The van der Waals surface area contributed by atoms with Gasteiger partial charge in [-0.25, -0.2) is 4.98 Å². The normalized spacial score (nSPS) is 15.6. The van der Waals surface area contributed by atoms with Gasteiger partial charge >= 0.3 is 0 Å². The van der Waals surface area contributed by atoms with Gasteiger partial charge in [-0.3, -0.25) is 14.9 Å². The fourth-order valence-electron chi connectivity index (χ4n) is 5.61. The number of aromatic nitrogens is 5. The van der Waals surface area contributed by atoms with Crippen LogP contribution in [0.1, 0.15) is 49.0 Å². The highest BCUT2D eigenvalue weighted by Gasteiger charge is 2.29. The van der Waals surface area contributed by atoms with Crippen molar-refractivity contribution in [3.8, 4) is 33.9 Å². The van der Waals surface area contributed by atoms with Crippen molar-refractivity contribution in [3.05, 3.63) is 77.7 Å². The molecule has 0 radical (unpaired) electrons. The molecule has 8 heteroatoms. The predicted octanol–water partition coefficient (Wildman–Crippen LogP) is 5.78. The summed E-state index contributed by atoms with van der Waals surface area (Å²) in [5.74, 6) is 0.694. The Balaban J connectivity index is 1.46. The summed E-state index contributed by atoms with van der Waals surface area (Å²) in [6, 6.07) is 16.5. The second kappa shape index (κ2) is 10.8. The molecule has 39 heavy (non-hydrogen) atoms. The summed E-state index contributed by atoms with van der Waals surface area (Å²) in [5.41, 5.74) is 9.15. The van der Waals surface area contributed by atoms with Gasteiger partial charge in [0.2, 0.25) is 6.41 Å². The zero-order valence-corrected chi connectivity index (χ0v) is 22.4. The largest absolute Gasteiger partial charge is 0.338 e. The minimum atomic E-state index is -0.0401. The van der Waals surface area contributed by atoms with Crippen LogP contribution in [0.25, 0.3) is 44.8 Å².